The molecule has 0 radical (unpaired) electrons. The first kappa shape index (κ1) is 14.4. The Bertz CT molecular complexity index is 187. The van der Waals surface area contributed by atoms with Gasteiger partial charge in [-0.1, -0.05) is 0 Å². The SMILES string of the molecule is CCOC(=O)CCCN(OC)C(C)(C)C. The van der Waals surface area contributed by atoms with E-state index in [1.807, 2.05) is 12.0 Å². The maximum absolute atomic E-state index is 11.1. The minimum absolute atomic E-state index is 0.0383. The average molecular weight is 217 g/mol. The van der Waals surface area contributed by atoms with Gasteiger partial charge in [0.25, 0.3) is 0 Å². The lowest BCUT2D eigenvalue weighted by Gasteiger charge is -2.32. The molecule has 15 heavy (non-hydrogen) atoms. The Balaban J connectivity index is 3.78. The van der Waals surface area contributed by atoms with Gasteiger partial charge in [0.15, 0.2) is 0 Å². The summed E-state index contributed by atoms with van der Waals surface area (Å²) in [6.07, 6.45) is 1.20. The maximum atomic E-state index is 11.1. The smallest absolute Gasteiger partial charge is 0.305 e. The van der Waals surface area contributed by atoms with E-state index in [-0.39, 0.29) is 11.5 Å². The van der Waals surface area contributed by atoms with Crippen molar-refractivity contribution in [1.29, 1.82) is 0 Å². The van der Waals surface area contributed by atoms with Crippen LogP contribution >= 0.6 is 0 Å². The lowest BCUT2D eigenvalue weighted by atomic mass is 10.1. The number of rotatable bonds is 6. The second kappa shape index (κ2) is 6.80. The number of ether oxygens (including phenoxy) is 1. The Kier molecular flexibility index (Phi) is 6.52. The van der Waals surface area contributed by atoms with Crippen LogP contribution in [0.3, 0.4) is 0 Å². The molecule has 0 aliphatic heterocycles. The van der Waals surface area contributed by atoms with Crippen molar-refractivity contribution in [2.75, 3.05) is 20.3 Å². The van der Waals surface area contributed by atoms with Gasteiger partial charge in [0.2, 0.25) is 0 Å². The van der Waals surface area contributed by atoms with Gasteiger partial charge in [-0.2, -0.15) is 5.06 Å². The summed E-state index contributed by atoms with van der Waals surface area (Å²) < 4.78 is 4.84. The van der Waals surface area contributed by atoms with Crippen molar-refractivity contribution in [3.05, 3.63) is 0 Å². The van der Waals surface area contributed by atoms with Crippen LogP contribution in [0.25, 0.3) is 0 Å². The van der Waals surface area contributed by atoms with E-state index in [0.29, 0.717) is 13.0 Å². The van der Waals surface area contributed by atoms with E-state index in [1.165, 1.54) is 0 Å². The molecule has 0 atom stereocenters. The zero-order valence-corrected chi connectivity index (χ0v) is 10.5. The van der Waals surface area contributed by atoms with Crippen LogP contribution in [0.2, 0.25) is 0 Å². The fourth-order valence-corrected chi connectivity index (χ4v) is 1.30. The molecular weight excluding hydrogens is 194 g/mol. The highest BCUT2D eigenvalue weighted by atomic mass is 16.7. The van der Waals surface area contributed by atoms with Crippen molar-refractivity contribution < 1.29 is 14.4 Å². The number of hydroxylamine groups is 2. The molecule has 0 aromatic carbocycles. The van der Waals surface area contributed by atoms with Crippen molar-refractivity contribution in [2.24, 2.45) is 0 Å². The Morgan fingerprint density at radius 2 is 1.93 bits per heavy atom. The molecule has 0 bridgehead atoms. The van der Waals surface area contributed by atoms with Gasteiger partial charge in [0.05, 0.1) is 13.7 Å². The number of hydrogen-bond donors (Lipinski definition) is 0. The van der Waals surface area contributed by atoms with Gasteiger partial charge in [-0.25, -0.2) is 0 Å². The minimum atomic E-state index is -0.137. The highest BCUT2D eigenvalue weighted by molar-refractivity contribution is 5.69. The number of carbonyl (C=O) groups is 1. The van der Waals surface area contributed by atoms with E-state index in [4.69, 9.17) is 9.57 Å². The molecule has 0 saturated carbocycles. The van der Waals surface area contributed by atoms with Crippen LogP contribution in [0.5, 0.6) is 0 Å². The van der Waals surface area contributed by atoms with Crippen molar-refractivity contribution in [1.82, 2.24) is 5.06 Å². The topological polar surface area (TPSA) is 38.8 Å². The van der Waals surface area contributed by atoms with E-state index in [1.54, 1.807) is 7.11 Å². The van der Waals surface area contributed by atoms with Crippen molar-refractivity contribution in [3.63, 3.8) is 0 Å². The van der Waals surface area contributed by atoms with Gasteiger partial charge in [0.1, 0.15) is 0 Å². The average Bonchev–Trinajstić information content (AvgIpc) is 2.10. The van der Waals surface area contributed by atoms with Crippen molar-refractivity contribution >= 4 is 5.97 Å². The Morgan fingerprint density at radius 3 is 2.33 bits per heavy atom. The maximum Gasteiger partial charge on any atom is 0.305 e. The molecule has 0 aromatic heterocycles. The van der Waals surface area contributed by atoms with Gasteiger partial charge in [-0.3, -0.25) is 4.79 Å². The Labute approximate surface area is 92.5 Å². The summed E-state index contributed by atoms with van der Waals surface area (Å²) in [6, 6.07) is 0. The number of esters is 1. The molecule has 4 nitrogen and oxygen atoms in total. The van der Waals surface area contributed by atoms with Gasteiger partial charge in [-0.15, -0.1) is 0 Å². The summed E-state index contributed by atoms with van der Waals surface area (Å²) >= 11 is 0. The number of nitrogens with zero attached hydrogens (tertiary/aromatic N) is 1. The van der Waals surface area contributed by atoms with E-state index >= 15 is 0 Å². The second-order valence-electron chi connectivity index (χ2n) is 4.36. The molecule has 0 rings (SSSR count). The van der Waals surface area contributed by atoms with Crippen LogP contribution in [0.4, 0.5) is 0 Å². The highest BCUT2D eigenvalue weighted by Crippen LogP contribution is 2.13. The molecule has 0 spiro atoms. The zero-order chi connectivity index (χ0) is 11.9. The standard InChI is InChI=1S/C11H23NO3/c1-6-15-10(13)8-7-9-12(14-5)11(2,3)4/h6-9H2,1-5H3. The minimum Gasteiger partial charge on any atom is -0.466 e. The number of hydrogen-bond acceptors (Lipinski definition) is 4. The molecule has 0 fully saturated rings. The number of carbonyl (C=O) groups excluding carboxylic acids is 1. The van der Waals surface area contributed by atoms with Gasteiger partial charge >= 0.3 is 5.97 Å². The lowest BCUT2D eigenvalue weighted by Crippen LogP contribution is -2.41. The Hall–Kier alpha value is -0.610. The lowest BCUT2D eigenvalue weighted by molar-refractivity contribution is -0.188. The third-order valence-corrected chi connectivity index (χ3v) is 2.02. The first-order chi connectivity index (χ1) is 6.91. The Morgan fingerprint density at radius 1 is 1.33 bits per heavy atom. The molecule has 4 heteroatoms. The summed E-state index contributed by atoms with van der Waals surface area (Å²) in [7, 11) is 1.65. The quantitative estimate of drug-likeness (QED) is 0.504. The first-order valence-electron chi connectivity index (χ1n) is 5.39. The van der Waals surface area contributed by atoms with Crippen LogP contribution in [0.15, 0.2) is 0 Å². The fourth-order valence-electron chi connectivity index (χ4n) is 1.30. The van der Waals surface area contributed by atoms with Gasteiger partial charge in [-0.05, 0) is 34.1 Å². The molecule has 90 valence electrons. The molecule has 0 aliphatic rings. The largest absolute Gasteiger partial charge is 0.466 e. The summed E-state index contributed by atoms with van der Waals surface area (Å²) in [5.74, 6) is -0.137. The summed E-state index contributed by atoms with van der Waals surface area (Å²) in [5.41, 5.74) is -0.0383. The molecule has 0 saturated heterocycles. The summed E-state index contributed by atoms with van der Waals surface area (Å²) in [6.45, 7) is 9.21. The monoisotopic (exact) mass is 217 g/mol. The molecule has 0 unspecified atom stereocenters. The van der Waals surface area contributed by atoms with Crippen molar-refractivity contribution in [2.45, 2.75) is 46.1 Å². The molecule has 0 heterocycles. The molecule has 0 amide bonds. The second-order valence-corrected chi connectivity index (χ2v) is 4.36. The predicted octanol–water partition coefficient (Wildman–Crippen LogP) is 1.99. The van der Waals surface area contributed by atoms with Crippen LogP contribution in [-0.4, -0.2) is 36.8 Å². The van der Waals surface area contributed by atoms with Gasteiger partial charge < -0.3 is 9.57 Å². The fraction of sp³-hybridized carbons (Fsp3) is 0.909. The zero-order valence-electron chi connectivity index (χ0n) is 10.5. The van der Waals surface area contributed by atoms with E-state index < -0.39 is 0 Å². The molecule has 0 N–H and O–H groups in total. The van der Waals surface area contributed by atoms with E-state index in [2.05, 4.69) is 20.8 Å². The molecule has 0 aliphatic carbocycles. The van der Waals surface area contributed by atoms with Crippen LogP contribution in [0, 0.1) is 0 Å². The predicted molar refractivity (Wildman–Crippen MR) is 59.3 cm³/mol. The highest BCUT2D eigenvalue weighted by Gasteiger charge is 2.20. The third-order valence-electron chi connectivity index (χ3n) is 2.02. The summed E-state index contributed by atoms with van der Waals surface area (Å²) in [5, 5.41) is 1.87. The van der Waals surface area contributed by atoms with E-state index in [9.17, 15) is 4.79 Å². The molecular formula is C11H23NO3. The summed E-state index contributed by atoms with van der Waals surface area (Å²) in [4.78, 5) is 16.3. The first-order valence-corrected chi connectivity index (χ1v) is 5.39. The van der Waals surface area contributed by atoms with E-state index in [0.717, 1.165) is 13.0 Å². The van der Waals surface area contributed by atoms with Gasteiger partial charge in [0, 0.05) is 18.5 Å². The van der Waals surface area contributed by atoms with Crippen molar-refractivity contribution in [3.8, 4) is 0 Å². The normalized spacial score (nSPS) is 11.9. The third kappa shape index (κ3) is 6.47. The van der Waals surface area contributed by atoms with Crippen LogP contribution < -0.4 is 0 Å². The molecule has 0 aromatic rings. The van der Waals surface area contributed by atoms with Crippen LogP contribution in [0.1, 0.15) is 40.5 Å². The van der Waals surface area contributed by atoms with Crippen LogP contribution in [-0.2, 0) is 14.4 Å².